The standard InChI is InChI=1S/C10H9FN2O2/c1-5-9(14)13-8-4-6(11)2-3-7(8)10(15)12-5/h2-5H,1H3,(H,12,15)(H,13,14). The molecule has 0 aliphatic carbocycles. The van der Waals surface area contributed by atoms with Crippen molar-refractivity contribution in [2.75, 3.05) is 5.32 Å². The first kappa shape index (κ1) is 9.64. The maximum Gasteiger partial charge on any atom is 0.254 e. The summed E-state index contributed by atoms with van der Waals surface area (Å²) in [4.78, 5) is 22.9. The first-order valence-electron chi connectivity index (χ1n) is 4.49. The zero-order valence-electron chi connectivity index (χ0n) is 8.00. The maximum absolute atomic E-state index is 12.9. The van der Waals surface area contributed by atoms with Crippen LogP contribution in [0.4, 0.5) is 10.1 Å². The van der Waals surface area contributed by atoms with Gasteiger partial charge in [0.25, 0.3) is 5.91 Å². The van der Waals surface area contributed by atoms with Crippen molar-refractivity contribution in [3.63, 3.8) is 0 Å². The number of rotatable bonds is 0. The van der Waals surface area contributed by atoms with Crippen LogP contribution in [-0.2, 0) is 4.79 Å². The predicted octanol–water partition coefficient (Wildman–Crippen LogP) is 0.896. The Morgan fingerprint density at radius 2 is 2.07 bits per heavy atom. The van der Waals surface area contributed by atoms with Crippen molar-refractivity contribution in [1.82, 2.24) is 5.32 Å². The normalized spacial score (nSPS) is 20.0. The first-order chi connectivity index (χ1) is 7.08. The number of hydrogen-bond donors (Lipinski definition) is 2. The summed E-state index contributed by atoms with van der Waals surface area (Å²) in [7, 11) is 0. The Hall–Kier alpha value is -1.91. The lowest BCUT2D eigenvalue weighted by atomic mass is 10.1. The van der Waals surface area contributed by atoms with Crippen molar-refractivity contribution in [2.24, 2.45) is 0 Å². The molecule has 0 spiro atoms. The minimum Gasteiger partial charge on any atom is -0.340 e. The summed E-state index contributed by atoms with van der Waals surface area (Å²) in [5.74, 6) is -1.22. The SMILES string of the molecule is CC1NC(=O)c2ccc(F)cc2NC1=O. The molecule has 0 saturated heterocycles. The second-order valence-electron chi connectivity index (χ2n) is 3.37. The third-order valence-electron chi connectivity index (χ3n) is 2.22. The lowest BCUT2D eigenvalue weighted by Gasteiger charge is -2.06. The average Bonchev–Trinajstić information content (AvgIpc) is 2.25. The molecule has 0 fully saturated rings. The molecule has 5 heteroatoms. The Morgan fingerprint density at radius 3 is 2.80 bits per heavy atom. The fourth-order valence-corrected chi connectivity index (χ4v) is 1.40. The quantitative estimate of drug-likeness (QED) is 0.665. The number of carbonyl (C=O) groups is 2. The van der Waals surface area contributed by atoms with Gasteiger partial charge >= 0.3 is 0 Å². The van der Waals surface area contributed by atoms with E-state index in [0.29, 0.717) is 0 Å². The van der Waals surface area contributed by atoms with E-state index in [1.807, 2.05) is 0 Å². The number of carbonyl (C=O) groups excluding carboxylic acids is 2. The topological polar surface area (TPSA) is 58.2 Å². The Balaban J connectivity index is 2.51. The number of halogens is 1. The number of nitrogens with one attached hydrogen (secondary N) is 2. The van der Waals surface area contributed by atoms with Gasteiger partial charge in [0.15, 0.2) is 0 Å². The molecule has 1 aromatic rings. The Kier molecular flexibility index (Phi) is 2.15. The summed E-state index contributed by atoms with van der Waals surface area (Å²) in [6.07, 6.45) is 0. The summed E-state index contributed by atoms with van der Waals surface area (Å²) in [6, 6.07) is 3.04. The fourth-order valence-electron chi connectivity index (χ4n) is 1.40. The second-order valence-corrected chi connectivity index (χ2v) is 3.37. The van der Waals surface area contributed by atoms with Crippen LogP contribution < -0.4 is 10.6 Å². The Bertz CT molecular complexity index is 445. The van der Waals surface area contributed by atoms with Gasteiger partial charge in [-0.3, -0.25) is 9.59 Å². The first-order valence-corrected chi connectivity index (χ1v) is 4.49. The van der Waals surface area contributed by atoms with E-state index in [1.54, 1.807) is 6.92 Å². The third-order valence-corrected chi connectivity index (χ3v) is 2.22. The smallest absolute Gasteiger partial charge is 0.254 e. The average molecular weight is 208 g/mol. The van der Waals surface area contributed by atoms with Crippen LogP contribution in [0.1, 0.15) is 17.3 Å². The van der Waals surface area contributed by atoms with Gasteiger partial charge in [-0.1, -0.05) is 0 Å². The fraction of sp³-hybridized carbons (Fsp3) is 0.200. The van der Waals surface area contributed by atoms with Gasteiger partial charge < -0.3 is 10.6 Å². The summed E-state index contributed by atoms with van der Waals surface area (Å²) >= 11 is 0. The lowest BCUT2D eigenvalue weighted by Crippen LogP contribution is -2.38. The molecule has 1 aromatic carbocycles. The predicted molar refractivity (Wildman–Crippen MR) is 52.0 cm³/mol. The van der Waals surface area contributed by atoms with Crippen LogP contribution in [0, 0.1) is 5.82 Å². The summed E-state index contributed by atoms with van der Waals surface area (Å²) in [5, 5.41) is 4.97. The van der Waals surface area contributed by atoms with Crippen LogP contribution in [0.2, 0.25) is 0 Å². The van der Waals surface area contributed by atoms with Crippen molar-refractivity contribution >= 4 is 17.5 Å². The van der Waals surface area contributed by atoms with Gasteiger partial charge in [-0.15, -0.1) is 0 Å². The Morgan fingerprint density at radius 1 is 1.33 bits per heavy atom. The van der Waals surface area contributed by atoms with Crippen molar-refractivity contribution < 1.29 is 14.0 Å². The molecule has 0 aromatic heterocycles. The monoisotopic (exact) mass is 208 g/mol. The molecule has 2 rings (SSSR count). The number of amides is 2. The van der Waals surface area contributed by atoms with E-state index >= 15 is 0 Å². The van der Waals surface area contributed by atoms with Gasteiger partial charge in [-0.05, 0) is 25.1 Å². The molecule has 78 valence electrons. The van der Waals surface area contributed by atoms with Crippen LogP contribution in [0.15, 0.2) is 18.2 Å². The van der Waals surface area contributed by atoms with E-state index in [-0.39, 0.29) is 23.1 Å². The highest BCUT2D eigenvalue weighted by molar-refractivity contribution is 6.09. The van der Waals surface area contributed by atoms with Gasteiger partial charge in [0.1, 0.15) is 11.9 Å². The highest BCUT2D eigenvalue weighted by Gasteiger charge is 2.24. The molecular formula is C10H9FN2O2. The largest absolute Gasteiger partial charge is 0.340 e. The zero-order valence-corrected chi connectivity index (χ0v) is 8.00. The van der Waals surface area contributed by atoms with E-state index in [1.165, 1.54) is 12.1 Å². The number of anilines is 1. The van der Waals surface area contributed by atoms with Crippen molar-refractivity contribution in [3.05, 3.63) is 29.6 Å². The van der Waals surface area contributed by atoms with E-state index in [9.17, 15) is 14.0 Å². The molecular weight excluding hydrogens is 199 g/mol. The summed E-state index contributed by atoms with van der Waals surface area (Å²) in [5.41, 5.74) is 0.482. The molecule has 2 amide bonds. The summed E-state index contributed by atoms with van der Waals surface area (Å²) in [6.45, 7) is 1.56. The molecule has 4 nitrogen and oxygen atoms in total. The van der Waals surface area contributed by atoms with Crippen molar-refractivity contribution in [1.29, 1.82) is 0 Å². The molecule has 0 radical (unpaired) electrons. The van der Waals surface area contributed by atoms with Gasteiger partial charge in [0.2, 0.25) is 5.91 Å². The number of benzene rings is 1. The molecule has 1 heterocycles. The van der Waals surface area contributed by atoms with E-state index < -0.39 is 11.9 Å². The van der Waals surface area contributed by atoms with Crippen LogP contribution in [0.3, 0.4) is 0 Å². The van der Waals surface area contributed by atoms with E-state index in [4.69, 9.17) is 0 Å². The zero-order chi connectivity index (χ0) is 11.0. The van der Waals surface area contributed by atoms with Crippen LogP contribution in [0.5, 0.6) is 0 Å². The molecule has 15 heavy (non-hydrogen) atoms. The van der Waals surface area contributed by atoms with Crippen molar-refractivity contribution in [2.45, 2.75) is 13.0 Å². The van der Waals surface area contributed by atoms with Crippen LogP contribution in [0.25, 0.3) is 0 Å². The number of hydrogen-bond acceptors (Lipinski definition) is 2. The molecule has 0 saturated carbocycles. The lowest BCUT2D eigenvalue weighted by molar-refractivity contribution is -0.117. The minimum absolute atomic E-state index is 0.210. The van der Waals surface area contributed by atoms with Gasteiger partial charge in [-0.2, -0.15) is 0 Å². The molecule has 1 aliphatic rings. The third kappa shape index (κ3) is 1.68. The van der Waals surface area contributed by atoms with Crippen LogP contribution >= 0.6 is 0 Å². The van der Waals surface area contributed by atoms with E-state index in [2.05, 4.69) is 10.6 Å². The second kappa shape index (κ2) is 3.34. The van der Waals surface area contributed by atoms with Gasteiger partial charge in [0.05, 0.1) is 11.3 Å². The van der Waals surface area contributed by atoms with Crippen LogP contribution in [-0.4, -0.2) is 17.9 Å². The van der Waals surface area contributed by atoms with Crippen molar-refractivity contribution in [3.8, 4) is 0 Å². The molecule has 0 bridgehead atoms. The minimum atomic E-state index is -0.618. The highest BCUT2D eigenvalue weighted by Crippen LogP contribution is 2.19. The molecule has 2 N–H and O–H groups in total. The van der Waals surface area contributed by atoms with Gasteiger partial charge in [0, 0.05) is 0 Å². The summed E-state index contributed by atoms with van der Waals surface area (Å²) < 4.78 is 12.9. The Labute approximate surface area is 85.5 Å². The maximum atomic E-state index is 12.9. The molecule has 1 unspecified atom stereocenters. The molecule has 1 aliphatic heterocycles. The highest BCUT2D eigenvalue weighted by atomic mass is 19.1. The number of fused-ring (bicyclic) bond motifs is 1. The molecule has 1 atom stereocenters. The van der Waals surface area contributed by atoms with Gasteiger partial charge in [-0.25, -0.2) is 4.39 Å². The van der Waals surface area contributed by atoms with E-state index in [0.717, 1.165) is 6.07 Å².